The van der Waals surface area contributed by atoms with Gasteiger partial charge in [0.2, 0.25) is 0 Å². The van der Waals surface area contributed by atoms with Crippen LogP contribution in [0, 0.1) is 11.8 Å². The van der Waals surface area contributed by atoms with E-state index in [-0.39, 0.29) is 11.8 Å². The Bertz CT molecular complexity index is 2860. The monoisotopic (exact) mass is 746 g/mol. The molecule has 0 aliphatic heterocycles. The van der Waals surface area contributed by atoms with Crippen molar-refractivity contribution in [3.63, 3.8) is 0 Å². The first kappa shape index (κ1) is 36.6. The van der Waals surface area contributed by atoms with E-state index in [9.17, 15) is 0 Å². The summed E-state index contributed by atoms with van der Waals surface area (Å²) in [5.74, 6) is 1.43. The second kappa shape index (κ2) is 16.2. The van der Waals surface area contributed by atoms with Gasteiger partial charge in [0.05, 0.1) is 11.0 Å². The van der Waals surface area contributed by atoms with Gasteiger partial charge in [0.25, 0.3) is 0 Å². The topological polar surface area (TPSA) is 17.8 Å². The maximum absolute atomic E-state index is 5.12. The zero-order chi connectivity index (χ0) is 39.4. The number of benzene rings is 6. The van der Waals surface area contributed by atoms with Gasteiger partial charge in [-0.3, -0.25) is 4.57 Å². The minimum absolute atomic E-state index is 0.220. The lowest BCUT2D eigenvalue weighted by Gasteiger charge is -2.27. The maximum Gasteiger partial charge on any atom is 0.145 e. The summed E-state index contributed by atoms with van der Waals surface area (Å²) in [6, 6.07) is 52.1. The number of imidazole rings is 1. The number of hydrogen-bond donors (Lipinski definition) is 0. The Morgan fingerprint density at radius 2 is 1.36 bits per heavy atom. The molecule has 0 bridgehead atoms. The number of fused-ring (bicyclic) bond motifs is 2. The van der Waals surface area contributed by atoms with E-state index in [1.165, 1.54) is 49.7 Å². The quantitative estimate of drug-likeness (QED) is 0.159. The summed E-state index contributed by atoms with van der Waals surface area (Å²) >= 11 is 0. The van der Waals surface area contributed by atoms with Crippen molar-refractivity contribution in [1.82, 2.24) is 9.55 Å². The highest BCUT2D eigenvalue weighted by molar-refractivity contribution is 6.02. The number of nitrogens with zero attached hydrogens (tertiary/aromatic N) is 2. The number of allylic oxidation sites excluding steroid dienone is 13. The molecule has 1 heterocycles. The molecule has 0 saturated carbocycles. The van der Waals surface area contributed by atoms with E-state index >= 15 is 0 Å². The summed E-state index contributed by atoms with van der Waals surface area (Å²) < 4.78 is 2.26. The summed E-state index contributed by atoms with van der Waals surface area (Å²) in [5.41, 5.74) is 14.9. The summed E-state index contributed by atoms with van der Waals surface area (Å²) in [7, 11) is 0. The van der Waals surface area contributed by atoms with Gasteiger partial charge in [0.1, 0.15) is 5.82 Å². The smallest absolute Gasteiger partial charge is 0.145 e. The molecule has 58 heavy (non-hydrogen) atoms. The van der Waals surface area contributed by atoms with Crippen molar-refractivity contribution in [2.75, 3.05) is 0 Å². The average Bonchev–Trinajstić information content (AvgIpc) is 3.67. The van der Waals surface area contributed by atoms with Gasteiger partial charge in [-0.2, -0.15) is 0 Å². The average molecular weight is 747 g/mol. The van der Waals surface area contributed by atoms with Crippen LogP contribution < -0.4 is 0 Å². The van der Waals surface area contributed by atoms with Crippen molar-refractivity contribution < 1.29 is 0 Å². The Morgan fingerprint density at radius 3 is 2.22 bits per heavy atom. The molecule has 2 atom stereocenters. The molecular formula is C56H46N2. The van der Waals surface area contributed by atoms with Gasteiger partial charge in [0, 0.05) is 11.3 Å². The zero-order valence-corrected chi connectivity index (χ0v) is 32.9. The zero-order valence-electron chi connectivity index (χ0n) is 32.9. The predicted molar refractivity (Wildman–Crippen MR) is 248 cm³/mol. The highest BCUT2D eigenvalue weighted by Gasteiger charge is 2.24. The van der Waals surface area contributed by atoms with Crippen LogP contribution in [0.3, 0.4) is 0 Å². The lowest BCUT2D eigenvalue weighted by Crippen LogP contribution is -2.13. The van der Waals surface area contributed by atoms with Gasteiger partial charge in [-0.1, -0.05) is 196 Å². The number of hydrogen-bond acceptors (Lipinski definition) is 1. The van der Waals surface area contributed by atoms with E-state index in [2.05, 4.69) is 218 Å². The predicted octanol–water partition coefficient (Wildman–Crippen LogP) is 14.6. The molecule has 0 saturated heterocycles. The van der Waals surface area contributed by atoms with E-state index in [0.717, 1.165) is 52.1 Å². The molecule has 9 rings (SSSR count). The molecule has 0 spiro atoms. The van der Waals surface area contributed by atoms with E-state index in [0.29, 0.717) is 0 Å². The molecular weight excluding hydrogens is 701 g/mol. The van der Waals surface area contributed by atoms with Crippen molar-refractivity contribution in [3.8, 4) is 17.1 Å². The van der Waals surface area contributed by atoms with Crippen LogP contribution >= 0.6 is 0 Å². The fourth-order valence-electron chi connectivity index (χ4n) is 8.57. The Kier molecular flexibility index (Phi) is 10.2. The minimum atomic E-state index is 0.220. The molecule has 2 aliphatic carbocycles. The lowest BCUT2D eigenvalue weighted by atomic mass is 9.77. The Morgan fingerprint density at radius 1 is 0.655 bits per heavy atom. The van der Waals surface area contributed by atoms with Crippen LogP contribution in [0.15, 0.2) is 225 Å². The van der Waals surface area contributed by atoms with Gasteiger partial charge in [0.15, 0.2) is 0 Å². The second-order valence-corrected chi connectivity index (χ2v) is 15.3. The summed E-state index contributed by atoms with van der Waals surface area (Å²) in [5, 5.41) is 2.47. The van der Waals surface area contributed by atoms with E-state index < -0.39 is 0 Å². The fourth-order valence-corrected chi connectivity index (χ4v) is 8.57. The Labute approximate surface area is 342 Å². The molecule has 6 aromatic carbocycles. The highest BCUT2D eigenvalue weighted by Crippen LogP contribution is 2.42. The van der Waals surface area contributed by atoms with E-state index in [1.807, 2.05) is 0 Å². The van der Waals surface area contributed by atoms with Crippen molar-refractivity contribution in [2.24, 2.45) is 11.8 Å². The molecule has 0 fully saturated rings. The van der Waals surface area contributed by atoms with Crippen molar-refractivity contribution in [1.29, 1.82) is 0 Å². The van der Waals surface area contributed by atoms with Crippen LogP contribution in [-0.2, 0) is 0 Å². The largest absolute Gasteiger partial charge is 0.292 e. The first-order valence-electron chi connectivity index (χ1n) is 20.3. The van der Waals surface area contributed by atoms with Crippen LogP contribution in [0.5, 0.6) is 0 Å². The van der Waals surface area contributed by atoms with Crippen LogP contribution in [-0.4, -0.2) is 9.55 Å². The first-order valence-corrected chi connectivity index (χ1v) is 20.3. The van der Waals surface area contributed by atoms with Gasteiger partial charge in [-0.15, -0.1) is 0 Å². The molecule has 2 unspecified atom stereocenters. The Hall–Kier alpha value is -7.03. The third kappa shape index (κ3) is 7.22. The van der Waals surface area contributed by atoms with Crippen LogP contribution in [0.4, 0.5) is 0 Å². The van der Waals surface area contributed by atoms with E-state index in [4.69, 9.17) is 11.6 Å². The third-order valence-corrected chi connectivity index (χ3v) is 11.6. The number of para-hydroxylation sites is 3. The molecule has 280 valence electrons. The maximum atomic E-state index is 5.12. The van der Waals surface area contributed by atoms with Crippen molar-refractivity contribution >= 4 is 38.5 Å². The number of aromatic nitrogens is 2. The molecule has 7 aromatic rings. The fraction of sp³-hybridized carbons (Fsp3) is 0.0893. The summed E-state index contributed by atoms with van der Waals surface area (Å²) in [4.78, 5) is 5.12. The molecule has 1 aromatic heterocycles. The van der Waals surface area contributed by atoms with Crippen molar-refractivity contribution in [3.05, 3.63) is 247 Å². The molecule has 0 amide bonds. The third-order valence-electron chi connectivity index (χ3n) is 11.6. The lowest BCUT2D eigenvalue weighted by molar-refractivity contribution is 0.533. The standard InChI is InChI=1S/C56H46N2/c1-39-18-6-4-9-25-48(40(2)33-32-39)41(3)49-26-12-13-28-51(49)55(52-29-17-20-43-19-10-11-27-50(43)52)46-22-16-21-45(38-46)42-34-36-44(37-35-42)56-57-53-30-14-15-31-54(53)58(56)47-23-7-5-8-24-47/h4-21,23-24,26-38,40,48H,1,3,22,25H2,2H3/b9-4-,18-6-,33-32?,55-46-. The second-order valence-electron chi connectivity index (χ2n) is 15.3. The van der Waals surface area contributed by atoms with Crippen LogP contribution in [0.1, 0.15) is 42.0 Å². The molecule has 0 N–H and O–H groups in total. The number of rotatable bonds is 7. The van der Waals surface area contributed by atoms with Crippen LogP contribution in [0.25, 0.3) is 55.6 Å². The van der Waals surface area contributed by atoms with E-state index in [1.54, 1.807) is 0 Å². The molecule has 0 radical (unpaired) electrons. The summed E-state index contributed by atoms with van der Waals surface area (Å²) in [6.45, 7) is 11.4. The van der Waals surface area contributed by atoms with Gasteiger partial charge in [-0.05, 0) is 110 Å². The van der Waals surface area contributed by atoms with Gasteiger partial charge < -0.3 is 0 Å². The first-order chi connectivity index (χ1) is 28.5. The Balaban J connectivity index is 1.16. The normalized spacial score (nSPS) is 18.8. The molecule has 2 nitrogen and oxygen atoms in total. The van der Waals surface area contributed by atoms with Crippen LogP contribution in [0.2, 0.25) is 0 Å². The van der Waals surface area contributed by atoms with Gasteiger partial charge >= 0.3 is 0 Å². The summed E-state index contributed by atoms with van der Waals surface area (Å²) in [6.07, 6.45) is 21.7. The van der Waals surface area contributed by atoms with Crippen molar-refractivity contribution in [2.45, 2.75) is 19.8 Å². The molecule has 2 heteroatoms. The highest BCUT2D eigenvalue weighted by atomic mass is 15.1. The van der Waals surface area contributed by atoms with Gasteiger partial charge in [-0.25, -0.2) is 4.98 Å². The molecule has 2 aliphatic rings. The SMILES string of the molecule is C=C1C=CC(C)C(C(=C)c2ccccc2/C(=C2/C=C(c3ccc(-c4nc5ccccc5n4-c4ccccc4)cc3)C=CC2)c2cccc3ccccc23)C/C=C\C=C/1. The minimum Gasteiger partial charge on any atom is -0.292 e.